The quantitative estimate of drug-likeness (QED) is 0.934. The maximum absolute atomic E-state index is 13.1. The van der Waals surface area contributed by atoms with Gasteiger partial charge in [0.1, 0.15) is 17.7 Å². The number of imidazole rings is 1. The highest BCUT2D eigenvalue weighted by atomic mass is 19.4. The molecule has 1 fully saturated rings. The van der Waals surface area contributed by atoms with E-state index in [0.29, 0.717) is 31.8 Å². The average molecular weight is 340 g/mol. The van der Waals surface area contributed by atoms with Crippen LogP contribution in [0.3, 0.4) is 0 Å². The highest BCUT2D eigenvalue weighted by Gasteiger charge is 2.37. The number of nitrogens with zero attached hydrogens (tertiary/aromatic N) is 4. The third-order valence-corrected chi connectivity index (χ3v) is 4.50. The largest absolute Gasteiger partial charge is 0.419 e. The second-order valence-corrected chi connectivity index (χ2v) is 6.04. The Morgan fingerprint density at radius 2 is 1.92 bits per heavy atom. The minimum absolute atomic E-state index is 0.0274. The summed E-state index contributed by atoms with van der Waals surface area (Å²) in [5.74, 6) is 0.526. The van der Waals surface area contributed by atoms with Gasteiger partial charge >= 0.3 is 6.18 Å². The van der Waals surface area contributed by atoms with E-state index in [-0.39, 0.29) is 11.7 Å². The smallest absolute Gasteiger partial charge is 0.385 e. The first-order valence-electron chi connectivity index (χ1n) is 7.80. The molecule has 1 aliphatic rings. The van der Waals surface area contributed by atoms with E-state index >= 15 is 0 Å². The van der Waals surface area contributed by atoms with Gasteiger partial charge < -0.3 is 14.6 Å². The first kappa shape index (κ1) is 16.8. The van der Waals surface area contributed by atoms with Crippen molar-refractivity contribution in [1.29, 1.82) is 0 Å². The number of piperidine rings is 1. The van der Waals surface area contributed by atoms with Gasteiger partial charge in [-0.1, -0.05) is 0 Å². The number of hydrogen-bond acceptors (Lipinski definition) is 4. The molecule has 1 aliphatic heterocycles. The number of aryl methyl sites for hydroxylation is 1. The maximum atomic E-state index is 13.1. The average Bonchev–Trinajstić information content (AvgIpc) is 2.99. The molecule has 0 radical (unpaired) electrons. The number of pyridine rings is 1. The zero-order valence-corrected chi connectivity index (χ0v) is 13.2. The minimum Gasteiger partial charge on any atom is -0.385 e. The van der Waals surface area contributed by atoms with E-state index in [1.165, 1.54) is 12.3 Å². The third kappa shape index (κ3) is 3.24. The van der Waals surface area contributed by atoms with Crippen molar-refractivity contribution < 1.29 is 18.3 Å². The van der Waals surface area contributed by atoms with Gasteiger partial charge in [-0.3, -0.25) is 0 Å². The zero-order valence-electron chi connectivity index (χ0n) is 13.2. The first-order valence-corrected chi connectivity index (χ1v) is 7.80. The van der Waals surface area contributed by atoms with Crippen molar-refractivity contribution in [1.82, 2.24) is 14.5 Å². The molecule has 0 amide bonds. The summed E-state index contributed by atoms with van der Waals surface area (Å²) >= 11 is 0. The van der Waals surface area contributed by atoms with Crippen LogP contribution in [-0.4, -0.2) is 32.7 Å². The molecule has 1 unspecified atom stereocenters. The van der Waals surface area contributed by atoms with Crippen molar-refractivity contribution in [2.75, 3.05) is 18.0 Å². The molecule has 2 aromatic heterocycles. The second-order valence-electron chi connectivity index (χ2n) is 6.04. The van der Waals surface area contributed by atoms with Crippen LogP contribution in [-0.2, 0) is 13.2 Å². The molecule has 1 atom stereocenters. The van der Waals surface area contributed by atoms with Gasteiger partial charge in [0.2, 0.25) is 0 Å². The Morgan fingerprint density at radius 1 is 1.21 bits per heavy atom. The molecule has 0 bridgehead atoms. The molecule has 0 aliphatic carbocycles. The molecule has 3 heterocycles. The Labute approximate surface area is 137 Å². The van der Waals surface area contributed by atoms with Crippen LogP contribution >= 0.6 is 0 Å². The standard InChI is InChI=1S/C16H19F3N4O/c1-22-10-7-21-15(22)13(24)11-4-8-23(9-5-11)14-12(16(17,18)19)3-2-6-20-14/h2-3,6-7,10-11,13,24H,4-5,8-9H2,1H3. The van der Waals surface area contributed by atoms with Gasteiger partial charge in [-0.2, -0.15) is 13.2 Å². The number of hydrogen-bond donors (Lipinski definition) is 1. The monoisotopic (exact) mass is 340 g/mol. The zero-order chi connectivity index (χ0) is 17.3. The molecule has 0 saturated carbocycles. The number of halogens is 3. The highest BCUT2D eigenvalue weighted by Crippen LogP contribution is 2.37. The Bertz CT molecular complexity index is 693. The van der Waals surface area contributed by atoms with Gasteiger partial charge in [-0.15, -0.1) is 0 Å². The van der Waals surface area contributed by atoms with Crippen molar-refractivity contribution in [3.05, 3.63) is 42.1 Å². The molecular formula is C16H19F3N4O. The summed E-state index contributed by atoms with van der Waals surface area (Å²) in [5.41, 5.74) is -0.715. The summed E-state index contributed by atoms with van der Waals surface area (Å²) in [6.07, 6.45) is 0.794. The van der Waals surface area contributed by atoms with E-state index in [9.17, 15) is 18.3 Å². The van der Waals surface area contributed by atoms with E-state index in [1.54, 1.807) is 21.9 Å². The Balaban J connectivity index is 1.71. The number of aliphatic hydroxyl groups is 1. The lowest BCUT2D eigenvalue weighted by molar-refractivity contribution is -0.137. The summed E-state index contributed by atoms with van der Waals surface area (Å²) in [6, 6.07) is 2.35. The van der Waals surface area contributed by atoms with Crippen molar-refractivity contribution in [2.24, 2.45) is 13.0 Å². The van der Waals surface area contributed by atoms with Gasteiger partial charge in [0.25, 0.3) is 0 Å². The Morgan fingerprint density at radius 3 is 2.50 bits per heavy atom. The minimum atomic E-state index is -4.42. The lowest BCUT2D eigenvalue weighted by Gasteiger charge is -2.35. The van der Waals surface area contributed by atoms with Crippen LogP contribution in [0.15, 0.2) is 30.7 Å². The van der Waals surface area contributed by atoms with Crippen molar-refractivity contribution in [2.45, 2.75) is 25.1 Å². The van der Waals surface area contributed by atoms with Crippen LogP contribution in [0.1, 0.15) is 30.3 Å². The second kappa shape index (κ2) is 6.43. The molecule has 8 heteroatoms. The third-order valence-electron chi connectivity index (χ3n) is 4.50. The molecule has 3 rings (SSSR count). The van der Waals surface area contributed by atoms with Crippen molar-refractivity contribution >= 4 is 5.82 Å². The molecule has 0 aromatic carbocycles. The first-order chi connectivity index (χ1) is 11.4. The highest BCUT2D eigenvalue weighted by molar-refractivity contribution is 5.48. The van der Waals surface area contributed by atoms with E-state index in [1.807, 2.05) is 7.05 Å². The molecule has 2 aromatic rings. The van der Waals surface area contributed by atoms with E-state index in [2.05, 4.69) is 9.97 Å². The van der Waals surface area contributed by atoms with Crippen LogP contribution in [0.5, 0.6) is 0 Å². The van der Waals surface area contributed by atoms with Crippen LogP contribution in [0.2, 0.25) is 0 Å². The molecule has 1 N–H and O–H groups in total. The number of aromatic nitrogens is 3. The van der Waals surface area contributed by atoms with Crippen LogP contribution < -0.4 is 4.90 Å². The van der Waals surface area contributed by atoms with Crippen LogP contribution in [0.4, 0.5) is 19.0 Å². The predicted molar refractivity (Wildman–Crippen MR) is 82.3 cm³/mol. The number of rotatable bonds is 3. The lowest BCUT2D eigenvalue weighted by Crippen LogP contribution is -2.37. The summed E-state index contributed by atoms with van der Waals surface area (Å²) < 4.78 is 41.1. The van der Waals surface area contributed by atoms with Crippen LogP contribution in [0.25, 0.3) is 0 Å². The summed E-state index contributed by atoms with van der Waals surface area (Å²) in [4.78, 5) is 9.73. The van der Waals surface area contributed by atoms with Gasteiger partial charge in [0.15, 0.2) is 0 Å². The maximum Gasteiger partial charge on any atom is 0.419 e. The normalized spacial score (nSPS) is 18.0. The molecule has 130 valence electrons. The van der Waals surface area contributed by atoms with E-state index in [0.717, 1.165) is 6.07 Å². The van der Waals surface area contributed by atoms with Gasteiger partial charge in [-0.05, 0) is 30.9 Å². The van der Waals surface area contributed by atoms with Gasteiger partial charge in [0, 0.05) is 38.7 Å². The fraction of sp³-hybridized carbons (Fsp3) is 0.500. The fourth-order valence-corrected chi connectivity index (χ4v) is 3.17. The summed E-state index contributed by atoms with van der Waals surface area (Å²) in [5, 5.41) is 10.5. The number of anilines is 1. The molecule has 1 saturated heterocycles. The topological polar surface area (TPSA) is 54.2 Å². The fourth-order valence-electron chi connectivity index (χ4n) is 3.17. The van der Waals surface area contributed by atoms with Crippen molar-refractivity contribution in [3.63, 3.8) is 0 Å². The van der Waals surface area contributed by atoms with Gasteiger partial charge in [-0.25, -0.2) is 9.97 Å². The Kier molecular flexibility index (Phi) is 4.49. The number of alkyl halides is 3. The summed E-state index contributed by atoms with van der Waals surface area (Å²) in [6.45, 7) is 0.846. The van der Waals surface area contributed by atoms with Crippen molar-refractivity contribution in [3.8, 4) is 0 Å². The van der Waals surface area contributed by atoms with Gasteiger partial charge in [0.05, 0.1) is 5.56 Å². The molecule has 0 spiro atoms. The Hall–Kier alpha value is -2.09. The number of aliphatic hydroxyl groups excluding tert-OH is 1. The SMILES string of the molecule is Cn1ccnc1C(O)C1CCN(c2ncccc2C(F)(F)F)CC1. The lowest BCUT2D eigenvalue weighted by atomic mass is 9.90. The summed E-state index contributed by atoms with van der Waals surface area (Å²) in [7, 11) is 1.81. The molecule has 24 heavy (non-hydrogen) atoms. The van der Waals surface area contributed by atoms with Crippen LogP contribution in [0, 0.1) is 5.92 Å². The predicted octanol–water partition coefficient (Wildman–Crippen LogP) is 2.78. The molecular weight excluding hydrogens is 321 g/mol. The van der Waals surface area contributed by atoms with E-state index in [4.69, 9.17) is 0 Å². The molecule has 5 nitrogen and oxygen atoms in total. The van der Waals surface area contributed by atoms with E-state index < -0.39 is 17.8 Å².